The molecule has 1 aliphatic rings. The van der Waals surface area contributed by atoms with Crippen molar-refractivity contribution in [3.8, 4) is 0 Å². The Morgan fingerprint density at radius 1 is 1.37 bits per heavy atom. The van der Waals surface area contributed by atoms with Crippen LogP contribution in [0.15, 0.2) is 5.16 Å². The average molecular weight is 269 g/mol. The number of oxime groups is 1. The van der Waals surface area contributed by atoms with E-state index in [1.807, 2.05) is 6.92 Å². The molecule has 0 bridgehead atoms. The first kappa shape index (κ1) is 15.8. The third-order valence-electron chi connectivity index (χ3n) is 3.89. The predicted molar refractivity (Wildman–Crippen MR) is 75.9 cm³/mol. The molecule has 1 amide bonds. The molecule has 3 atom stereocenters. The summed E-state index contributed by atoms with van der Waals surface area (Å²) in [6.07, 6.45) is 4.70. The summed E-state index contributed by atoms with van der Waals surface area (Å²) < 4.78 is 0. The van der Waals surface area contributed by atoms with E-state index in [1.54, 1.807) is 0 Å². The maximum Gasteiger partial charge on any atom is 0.231 e. The van der Waals surface area contributed by atoms with E-state index in [-0.39, 0.29) is 17.8 Å². The van der Waals surface area contributed by atoms with Gasteiger partial charge >= 0.3 is 0 Å². The Labute approximate surface area is 115 Å². The van der Waals surface area contributed by atoms with Crippen LogP contribution in [0.5, 0.6) is 0 Å². The SMILES string of the molecule is CCCC(C(=O)NC1CC(C)CC(C)C1)C(N)=NO. The summed E-state index contributed by atoms with van der Waals surface area (Å²) in [5.74, 6) is 0.673. The number of nitrogens with two attached hydrogens (primary N) is 1. The zero-order valence-corrected chi connectivity index (χ0v) is 12.2. The molecular formula is C14H27N3O2. The second kappa shape index (κ2) is 7.36. The van der Waals surface area contributed by atoms with Gasteiger partial charge in [0.1, 0.15) is 0 Å². The zero-order valence-electron chi connectivity index (χ0n) is 12.2. The van der Waals surface area contributed by atoms with E-state index in [1.165, 1.54) is 6.42 Å². The summed E-state index contributed by atoms with van der Waals surface area (Å²) in [5.41, 5.74) is 5.60. The van der Waals surface area contributed by atoms with E-state index >= 15 is 0 Å². The van der Waals surface area contributed by atoms with Crippen LogP contribution in [0.4, 0.5) is 0 Å². The minimum atomic E-state index is -0.512. The molecule has 0 heterocycles. The highest BCUT2D eigenvalue weighted by Crippen LogP contribution is 2.28. The van der Waals surface area contributed by atoms with Gasteiger partial charge in [-0.3, -0.25) is 4.79 Å². The number of amides is 1. The third-order valence-corrected chi connectivity index (χ3v) is 3.89. The molecule has 0 aliphatic heterocycles. The summed E-state index contributed by atoms with van der Waals surface area (Å²) in [7, 11) is 0. The molecule has 0 saturated heterocycles. The van der Waals surface area contributed by atoms with Gasteiger partial charge in [-0.25, -0.2) is 0 Å². The molecule has 1 fully saturated rings. The first-order chi connectivity index (χ1) is 8.97. The van der Waals surface area contributed by atoms with Crippen molar-refractivity contribution in [2.45, 2.75) is 58.9 Å². The topological polar surface area (TPSA) is 87.7 Å². The van der Waals surface area contributed by atoms with Gasteiger partial charge < -0.3 is 16.3 Å². The molecular weight excluding hydrogens is 242 g/mol. The fourth-order valence-corrected chi connectivity index (χ4v) is 3.14. The second-order valence-electron chi connectivity index (χ2n) is 5.99. The highest BCUT2D eigenvalue weighted by atomic mass is 16.4. The van der Waals surface area contributed by atoms with Crippen molar-refractivity contribution in [1.82, 2.24) is 5.32 Å². The molecule has 5 heteroatoms. The monoisotopic (exact) mass is 269 g/mol. The number of nitrogens with one attached hydrogen (secondary N) is 1. The zero-order chi connectivity index (χ0) is 14.4. The third kappa shape index (κ3) is 4.73. The molecule has 1 aliphatic carbocycles. The molecule has 0 aromatic heterocycles. The van der Waals surface area contributed by atoms with Gasteiger partial charge in [-0.1, -0.05) is 32.3 Å². The van der Waals surface area contributed by atoms with Crippen molar-refractivity contribution in [3.63, 3.8) is 0 Å². The molecule has 0 aromatic carbocycles. The average Bonchev–Trinajstić information content (AvgIpc) is 2.33. The Hall–Kier alpha value is -1.26. The molecule has 3 unspecified atom stereocenters. The Balaban J connectivity index is 2.60. The van der Waals surface area contributed by atoms with Gasteiger partial charge in [0, 0.05) is 6.04 Å². The van der Waals surface area contributed by atoms with E-state index in [0.29, 0.717) is 18.3 Å². The number of nitrogens with zero attached hydrogens (tertiary/aromatic N) is 1. The van der Waals surface area contributed by atoms with Gasteiger partial charge in [-0.2, -0.15) is 0 Å². The Morgan fingerprint density at radius 2 is 1.95 bits per heavy atom. The van der Waals surface area contributed by atoms with Crippen molar-refractivity contribution in [2.24, 2.45) is 28.6 Å². The van der Waals surface area contributed by atoms with E-state index in [0.717, 1.165) is 19.3 Å². The smallest absolute Gasteiger partial charge is 0.231 e. The quantitative estimate of drug-likeness (QED) is 0.309. The summed E-state index contributed by atoms with van der Waals surface area (Å²) in [4.78, 5) is 12.2. The van der Waals surface area contributed by atoms with Crippen LogP contribution in [0, 0.1) is 17.8 Å². The first-order valence-electron chi connectivity index (χ1n) is 7.25. The molecule has 1 saturated carbocycles. The lowest BCUT2D eigenvalue weighted by molar-refractivity contribution is -0.124. The summed E-state index contributed by atoms with van der Waals surface area (Å²) in [6, 6.07) is 0.220. The Bertz CT molecular complexity index is 321. The molecule has 110 valence electrons. The van der Waals surface area contributed by atoms with Gasteiger partial charge in [0.2, 0.25) is 5.91 Å². The molecule has 0 spiro atoms. The number of hydrogen-bond acceptors (Lipinski definition) is 3. The fourth-order valence-electron chi connectivity index (χ4n) is 3.14. The highest BCUT2D eigenvalue weighted by Gasteiger charge is 2.28. The van der Waals surface area contributed by atoms with Crippen LogP contribution >= 0.6 is 0 Å². The molecule has 19 heavy (non-hydrogen) atoms. The maximum atomic E-state index is 12.2. The lowest BCUT2D eigenvalue weighted by Gasteiger charge is -2.32. The summed E-state index contributed by atoms with van der Waals surface area (Å²) >= 11 is 0. The van der Waals surface area contributed by atoms with E-state index in [2.05, 4.69) is 24.3 Å². The number of rotatable bonds is 5. The van der Waals surface area contributed by atoms with Crippen LogP contribution in [0.25, 0.3) is 0 Å². The van der Waals surface area contributed by atoms with Crippen LogP contribution in [0.2, 0.25) is 0 Å². The minimum Gasteiger partial charge on any atom is -0.409 e. The molecule has 0 aromatic rings. The molecule has 4 N–H and O–H groups in total. The number of carbonyl (C=O) groups excluding carboxylic acids is 1. The van der Waals surface area contributed by atoms with Crippen LogP contribution in [-0.2, 0) is 4.79 Å². The van der Waals surface area contributed by atoms with Crippen LogP contribution < -0.4 is 11.1 Å². The number of amidine groups is 1. The standard InChI is InChI=1S/C14H27N3O2/c1-4-5-12(13(15)17-19)14(18)16-11-7-9(2)6-10(3)8-11/h9-12,19H,4-8H2,1-3H3,(H2,15,17)(H,16,18). The van der Waals surface area contributed by atoms with Crippen LogP contribution in [-0.4, -0.2) is 23.0 Å². The maximum absolute atomic E-state index is 12.2. The fraction of sp³-hybridized carbons (Fsp3) is 0.857. The van der Waals surface area contributed by atoms with Gasteiger partial charge in [0.15, 0.2) is 5.84 Å². The van der Waals surface area contributed by atoms with Crippen molar-refractivity contribution < 1.29 is 10.0 Å². The molecule has 5 nitrogen and oxygen atoms in total. The minimum absolute atomic E-state index is 0.0104. The van der Waals surface area contributed by atoms with Gasteiger partial charge in [0.25, 0.3) is 0 Å². The highest BCUT2D eigenvalue weighted by molar-refractivity contribution is 6.02. The molecule has 0 radical (unpaired) electrons. The number of carbonyl (C=O) groups is 1. The van der Waals surface area contributed by atoms with Gasteiger partial charge in [0.05, 0.1) is 5.92 Å². The Kier molecular flexibility index (Phi) is 6.12. The Morgan fingerprint density at radius 3 is 2.42 bits per heavy atom. The lowest BCUT2D eigenvalue weighted by Crippen LogP contribution is -2.46. The lowest BCUT2D eigenvalue weighted by atomic mass is 9.80. The van der Waals surface area contributed by atoms with Crippen LogP contribution in [0.3, 0.4) is 0 Å². The summed E-state index contributed by atoms with van der Waals surface area (Å²) in [5, 5.41) is 14.8. The molecule has 1 rings (SSSR count). The normalized spacial score (nSPS) is 29.8. The van der Waals surface area contributed by atoms with E-state index in [4.69, 9.17) is 10.9 Å². The van der Waals surface area contributed by atoms with E-state index in [9.17, 15) is 4.79 Å². The first-order valence-corrected chi connectivity index (χ1v) is 7.25. The van der Waals surface area contributed by atoms with Crippen molar-refractivity contribution in [1.29, 1.82) is 0 Å². The van der Waals surface area contributed by atoms with E-state index < -0.39 is 5.92 Å². The van der Waals surface area contributed by atoms with Gasteiger partial charge in [-0.05, 0) is 37.5 Å². The van der Waals surface area contributed by atoms with Crippen molar-refractivity contribution >= 4 is 11.7 Å². The predicted octanol–water partition coefficient (Wildman–Crippen LogP) is 2.09. The number of hydrogen-bond donors (Lipinski definition) is 3. The summed E-state index contributed by atoms with van der Waals surface area (Å²) in [6.45, 7) is 6.43. The second-order valence-corrected chi connectivity index (χ2v) is 5.99. The van der Waals surface area contributed by atoms with Crippen molar-refractivity contribution in [2.75, 3.05) is 0 Å². The largest absolute Gasteiger partial charge is 0.409 e. The van der Waals surface area contributed by atoms with Gasteiger partial charge in [-0.15, -0.1) is 0 Å². The van der Waals surface area contributed by atoms with Crippen molar-refractivity contribution in [3.05, 3.63) is 0 Å². The van der Waals surface area contributed by atoms with Crippen LogP contribution in [0.1, 0.15) is 52.9 Å².